The molecule has 1 aromatic rings. The predicted molar refractivity (Wildman–Crippen MR) is 89.8 cm³/mol. The molecule has 6 heteroatoms. The minimum atomic E-state index is -0.575. The van der Waals surface area contributed by atoms with Gasteiger partial charge in [-0.2, -0.15) is 0 Å². The Morgan fingerprint density at radius 2 is 2.12 bits per heavy atom. The van der Waals surface area contributed by atoms with Crippen LogP contribution in [0, 0.1) is 23.0 Å². The van der Waals surface area contributed by atoms with E-state index in [0.29, 0.717) is 23.5 Å². The second-order valence-corrected chi connectivity index (χ2v) is 7.29. The van der Waals surface area contributed by atoms with Crippen LogP contribution in [0.2, 0.25) is 0 Å². The highest BCUT2D eigenvalue weighted by Crippen LogP contribution is 2.52. The molecule has 0 spiro atoms. The number of rotatable bonds is 3. The van der Waals surface area contributed by atoms with Crippen molar-refractivity contribution in [2.75, 3.05) is 13.7 Å². The smallest absolute Gasteiger partial charge is 0.191 e. The molecule has 1 aliphatic heterocycles. The number of hydrogen-bond acceptors (Lipinski definition) is 2. The van der Waals surface area contributed by atoms with Crippen LogP contribution in [-0.4, -0.2) is 31.8 Å². The second-order valence-electron chi connectivity index (χ2n) is 7.29. The molecule has 2 aliphatic rings. The lowest BCUT2D eigenvalue weighted by Gasteiger charge is -2.55. The van der Waals surface area contributed by atoms with E-state index in [1.165, 1.54) is 12.1 Å². The maximum absolute atomic E-state index is 13.9. The monoisotopic (exact) mass is 337 g/mol. The maximum atomic E-state index is 13.9. The number of benzene rings is 1. The maximum Gasteiger partial charge on any atom is 0.191 e. The van der Waals surface area contributed by atoms with Crippen molar-refractivity contribution >= 4 is 5.96 Å². The quantitative estimate of drug-likeness (QED) is 0.658. The van der Waals surface area contributed by atoms with Gasteiger partial charge in [0.1, 0.15) is 11.6 Å². The van der Waals surface area contributed by atoms with Crippen LogP contribution in [0.25, 0.3) is 0 Å². The topological polar surface area (TPSA) is 45.7 Å². The van der Waals surface area contributed by atoms with Crippen molar-refractivity contribution in [2.24, 2.45) is 16.3 Å². The van der Waals surface area contributed by atoms with Crippen LogP contribution in [0.4, 0.5) is 8.78 Å². The Morgan fingerprint density at radius 3 is 2.79 bits per heavy atom. The SMILES string of the molecule is CN=C(NC(C)c1ccc(F)cc1F)NC1C2CCOC2C1(C)C. The van der Waals surface area contributed by atoms with Gasteiger partial charge in [0.05, 0.1) is 12.1 Å². The number of ether oxygens (including phenoxy) is 1. The summed E-state index contributed by atoms with van der Waals surface area (Å²) < 4.78 is 32.8. The summed E-state index contributed by atoms with van der Waals surface area (Å²) in [6, 6.07) is 3.57. The Labute approximate surface area is 141 Å². The first-order valence-corrected chi connectivity index (χ1v) is 8.41. The molecule has 0 radical (unpaired) electrons. The molecular formula is C18H25F2N3O. The van der Waals surface area contributed by atoms with Gasteiger partial charge in [-0.15, -0.1) is 0 Å². The van der Waals surface area contributed by atoms with Gasteiger partial charge < -0.3 is 15.4 Å². The number of nitrogens with one attached hydrogen (secondary N) is 2. The number of halogens is 2. The van der Waals surface area contributed by atoms with Gasteiger partial charge in [-0.1, -0.05) is 19.9 Å². The molecule has 4 unspecified atom stereocenters. The van der Waals surface area contributed by atoms with Gasteiger partial charge in [-0.25, -0.2) is 8.78 Å². The molecule has 1 aliphatic carbocycles. The average molecular weight is 337 g/mol. The molecule has 3 rings (SSSR count). The third-order valence-corrected chi connectivity index (χ3v) is 5.40. The van der Waals surface area contributed by atoms with Gasteiger partial charge in [-0.05, 0) is 19.4 Å². The Hall–Kier alpha value is -1.69. The van der Waals surface area contributed by atoms with Gasteiger partial charge >= 0.3 is 0 Å². The molecule has 0 amide bonds. The van der Waals surface area contributed by atoms with Crippen molar-refractivity contribution < 1.29 is 13.5 Å². The Kier molecular flexibility index (Phi) is 4.51. The number of fused-ring (bicyclic) bond motifs is 1. The molecule has 1 saturated heterocycles. The third kappa shape index (κ3) is 2.88. The standard InChI is InChI=1S/C18H25F2N3O/c1-10(12-6-5-11(19)9-14(12)20)22-17(21-4)23-15-13-7-8-24-16(13)18(15,2)3/h5-6,9-10,13,15-16H,7-8H2,1-4H3,(H2,21,22,23). The summed E-state index contributed by atoms with van der Waals surface area (Å²) in [4.78, 5) is 4.26. The van der Waals surface area contributed by atoms with Crippen molar-refractivity contribution in [2.45, 2.75) is 45.4 Å². The van der Waals surface area contributed by atoms with Gasteiger partial charge in [0, 0.05) is 42.7 Å². The Bertz CT molecular complexity index is 647. The molecule has 24 heavy (non-hydrogen) atoms. The normalized spacial score (nSPS) is 29.6. The van der Waals surface area contributed by atoms with Gasteiger partial charge in [0.25, 0.3) is 0 Å². The van der Waals surface area contributed by atoms with Crippen LogP contribution in [0.15, 0.2) is 23.2 Å². The lowest BCUT2D eigenvalue weighted by molar-refractivity contribution is -0.106. The molecule has 1 aromatic carbocycles. The van der Waals surface area contributed by atoms with E-state index >= 15 is 0 Å². The zero-order chi connectivity index (χ0) is 17.5. The summed E-state index contributed by atoms with van der Waals surface area (Å²) in [5.41, 5.74) is 0.442. The molecule has 4 atom stereocenters. The Balaban J connectivity index is 1.67. The van der Waals surface area contributed by atoms with E-state index < -0.39 is 11.6 Å². The summed E-state index contributed by atoms with van der Waals surface area (Å²) in [5.74, 6) is -0.0285. The fourth-order valence-corrected chi connectivity index (χ4v) is 4.07. The Morgan fingerprint density at radius 1 is 1.38 bits per heavy atom. The molecule has 0 aromatic heterocycles. The van der Waals surface area contributed by atoms with E-state index in [9.17, 15) is 8.78 Å². The van der Waals surface area contributed by atoms with E-state index in [-0.39, 0.29) is 17.5 Å². The van der Waals surface area contributed by atoms with E-state index in [1.807, 2.05) is 6.92 Å². The van der Waals surface area contributed by atoms with Crippen LogP contribution in [0.5, 0.6) is 0 Å². The summed E-state index contributed by atoms with van der Waals surface area (Å²) in [5, 5.41) is 6.65. The van der Waals surface area contributed by atoms with Crippen molar-refractivity contribution in [3.8, 4) is 0 Å². The van der Waals surface area contributed by atoms with Crippen LogP contribution >= 0.6 is 0 Å². The zero-order valence-corrected chi connectivity index (χ0v) is 14.6. The first-order chi connectivity index (χ1) is 11.3. The molecule has 1 heterocycles. The number of guanidine groups is 1. The predicted octanol–water partition coefficient (Wildman–Crippen LogP) is 3.00. The van der Waals surface area contributed by atoms with E-state index in [0.717, 1.165) is 19.1 Å². The summed E-state index contributed by atoms with van der Waals surface area (Å²) >= 11 is 0. The second kappa shape index (κ2) is 6.31. The molecule has 1 saturated carbocycles. The highest BCUT2D eigenvalue weighted by atomic mass is 19.1. The van der Waals surface area contributed by atoms with E-state index in [1.54, 1.807) is 7.05 Å². The van der Waals surface area contributed by atoms with Gasteiger partial charge in [0.15, 0.2) is 5.96 Å². The molecule has 2 fully saturated rings. The number of hydrogen-bond donors (Lipinski definition) is 2. The molecule has 132 valence electrons. The first kappa shape index (κ1) is 17.1. The summed E-state index contributed by atoms with van der Waals surface area (Å²) in [7, 11) is 1.69. The van der Waals surface area contributed by atoms with Crippen molar-refractivity contribution in [1.82, 2.24) is 10.6 Å². The lowest BCUT2D eigenvalue weighted by Crippen LogP contribution is -2.68. The van der Waals surface area contributed by atoms with Gasteiger partial charge in [0.2, 0.25) is 0 Å². The van der Waals surface area contributed by atoms with Gasteiger partial charge in [-0.3, -0.25) is 4.99 Å². The lowest BCUT2D eigenvalue weighted by atomic mass is 9.57. The molecule has 2 N–H and O–H groups in total. The average Bonchev–Trinajstić information content (AvgIpc) is 2.98. The largest absolute Gasteiger partial charge is 0.377 e. The van der Waals surface area contributed by atoms with Crippen LogP contribution < -0.4 is 10.6 Å². The number of nitrogens with zero attached hydrogens (tertiary/aromatic N) is 1. The van der Waals surface area contributed by atoms with Crippen molar-refractivity contribution in [3.05, 3.63) is 35.4 Å². The highest BCUT2D eigenvalue weighted by Gasteiger charge is 2.59. The fraction of sp³-hybridized carbons (Fsp3) is 0.611. The van der Waals surface area contributed by atoms with Crippen LogP contribution in [-0.2, 0) is 4.74 Å². The van der Waals surface area contributed by atoms with Crippen molar-refractivity contribution in [1.29, 1.82) is 0 Å². The summed E-state index contributed by atoms with van der Waals surface area (Å²) in [6.45, 7) is 7.01. The first-order valence-electron chi connectivity index (χ1n) is 8.41. The number of aliphatic imine (C=N–C) groups is 1. The van der Waals surface area contributed by atoms with E-state index in [2.05, 4.69) is 29.5 Å². The summed E-state index contributed by atoms with van der Waals surface area (Å²) in [6.07, 6.45) is 1.34. The minimum absolute atomic E-state index is 0.0309. The van der Waals surface area contributed by atoms with Crippen LogP contribution in [0.3, 0.4) is 0 Å². The van der Waals surface area contributed by atoms with Crippen LogP contribution in [0.1, 0.15) is 38.8 Å². The molecular weight excluding hydrogens is 312 g/mol. The van der Waals surface area contributed by atoms with Crippen molar-refractivity contribution in [3.63, 3.8) is 0 Å². The fourth-order valence-electron chi connectivity index (χ4n) is 4.07. The highest BCUT2D eigenvalue weighted by molar-refractivity contribution is 5.80. The molecule has 0 bridgehead atoms. The van der Waals surface area contributed by atoms with E-state index in [4.69, 9.17) is 4.74 Å². The third-order valence-electron chi connectivity index (χ3n) is 5.40. The minimum Gasteiger partial charge on any atom is -0.377 e. The zero-order valence-electron chi connectivity index (χ0n) is 14.6. The molecule has 4 nitrogen and oxygen atoms in total.